The van der Waals surface area contributed by atoms with Gasteiger partial charge in [-0.3, -0.25) is 4.98 Å². The third kappa shape index (κ3) is 4.80. The fourth-order valence-electron chi connectivity index (χ4n) is 7.97. The van der Waals surface area contributed by atoms with E-state index in [1.54, 1.807) is 0 Å². The highest BCUT2D eigenvalue weighted by molar-refractivity contribution is 6.20. The van der Waals surface area contributed by atoms with Gasteiger partial charge in [0, 0.05) is 62.5 Å². The predicted octanol–water partition coefficient (Wildman–Crippen LogP) is 14.0. The molecule has 0 fully saturated rings. The van der Waals surface area contributed by atoms with Crippen LogP contribution in [0.2, 0.25) is 0 Å². The SMILES string of the molecule is c1ccc(-c2ccc(-c3ccc(N(c4ccc5c(c4)oc4ccc6ccccc6c45)c4ccc5c(c4)oc4ccc6ccccc6c45)cc3)cc2)nc1. The van der Waals surface area contributed by atoms with Crippen LogP contribution in [0.5, 0.6) is 0 Å². The summed E-state index contributed by atoms with van der Waals surface area (Å²) in [4.78, 5) is 6.79. The van der Waals surface area contributed by atoms with Crippen molar-refractivity contribution in [3.63, 3.8) is 0 Å². The molecule has 0 aliphatic carbocycles. The second-order valence-electron chi connectivity index (χ2n) is 13.6. The number of rotatable bonds is 5. The summed E-state index contributed by atoms with van der Waals surface area (Å²) in [5, 5.41) is 9.28. The van der Waals surface area contributed by atoms with Crippen molar-refractivity contribution < 1.29 is 8.83 Å². The van der Waals surface area contributed by atoms with E-state index in [9.17, 15) is 0 Å². The number of hydrogen-bond donors (Lipinski definition) is 0. The summed E-state index contributed by atoms with van der Waals surface area (Å²) in [5.74, 6) is 0. The highest BCUT2D eigenvalue weighted by Gasteiger charge is 2.19. The first-order valence-corrected chi connectivity index (χ1v) is 17.9. The average molecular weight is 679 g/mol. The average Bonchev–Trinajstić information content (AvgIpc) is 3.80. The van der Waals surface area contributed by atoms with Crippen molar-refractivity contribution in [3.05, 3.63) is 182 Å². The quantitative estimate of drug-likeness (QED) is 0.182. The van der Waals surface area contributed by atoms with E-state index in [4.69, 9.17) is 8.83 Å². The third-order valence-corrected chi connectivity index (χ3v) is 10.5. The second kappa shape index (κ2) is 11.7. The molecule has 0 aliphatic heterocycles. The summed E-state index contributed by atoms with van der Waals surface area (Å²) in [5.41, 5.74) is 10.8. The van der Waals surface area contributed by atoms with Crippen LogP contribution < -0.4 is 4.90 Å². The van der Waals surface area contributed by atoms with Crippen molar-refractivity contribution in [3.8, 4) is 22.4 Å². The molecule has 11 rings (SSSR count). The highest BCUT2D eigenvalue weighted by Crippen LogP contribution is 2.43. The normalized spacial score (nSPS) is 11.8. The fraction of sp³-hybridized carbons (Fsp3) is 0. The van der Waals surface area contributed by atoms with E-state index in [2.05, 4.69) is 168 Å². The van der Waals surface area contributed by atoms with Gasteiger partial charge in [0.05, 0.1) is 5.69 Å². The smallest absolute Gasteiger partial charge is 0.137 e. The molecule has 0 unspecified atom stereocenters. The number of hydrogen-bond acceptors (Lipinski definition) is 4. The van der Waals surface area contributed by atoms with Gasteiger partial charge in [0.1, 0.15) is 22.3 Å². The minimum Gasteiger partial charge on any atom is -0.456 e. The van der Waals surface area contributed by atoms with Crippen LogP contribution in [0.3, 0.4) is 0 Å². The number of anilines is 3. The Balaban J connectivity index is 1.05. The fourth-order valence-corrected chi connectivity index (χ4v) is 7.97. The van der Waals surface area contributed by atoms with Gasteiger partial charge in [-0.05, 0) is 93.3 Å². The van der Waals surface area contributed by atoms with Crippen molar-refractivity contribution >= 4 is 82.5 Å². The van der Waals surface area contributed by atoms with Crippen molar-refractivity contribution in [1.82, 2.24) is 4.98 Å². The van der Waals surface area contributed by atoms with Gasteiger partial charge < -0.3 is 13.7 Å². The molecular weight excluding hydrogens is 649 g/mol. The van der Waals surface area contributed by atoms with E-state index in [1.165, 1.54) is 21.5 Å². The Kier molecular flexibility index (Phi) is 6.52. The van der Waals surface area contributed by atoms with E-state index < -0.39 is 0 Å². The lowest BCUT2D eigenvalue weighted by Gasteiger charge is -2.25. The topological polar surface area (TPSA) is 42.4 Å². The molecule has 3 aromatic heterocycles. The first-order valence-electron chi connectivity index (χ1n) is 17.9. The zero-order valence-electron chi connectivity index (χ0n) is 28.5. The van der Waals surface area contributed by atoms with Gasteiger partial charge in [-0.2, -0.15) is 0 Å². The number of nitrogens with zero attached hydrogens (tertiary/aromatic N) is 2. The molecule has 0 amide bonds. The molecular formula is C49H30N2O2. The summed E-state index contributed by atoms with van der Waals surface area (Å²) in [6.45, 7) is 0. The Morgan fingerprint density at radius 1 is 0.358 bits per heavy atom. The van der Waals surface area contributed by atoms with Gasteiger partial charge >= 0.3 is 0 Å². The molecule has 4 heteroatoms. The molecule has 0 aliphatic rings. The number of fused-ring (bicyclic) bond motifs is 10. The molecule has 0 radical (unpaired) electrons. The summed E-state index contributed by atoms with van der Waals surface area (Å²) < 4.78 is 13.1. The Bertz CT molecular complexity index is 3000. The molecule has 8 aromatic carbocycles. The van der Waals surface area contributed by atoms with Crippen molar-refractivity contribution in [2.24, 2.45) is 0 Å². The lowest BCUT2D eigenvalue weighted by molar-refractivity contribution is 0.669. The van der Waals surface area contributed by atoms with E-state index in [0.717, 1.165) is 83.3 Å². The van der Waals surface area contributed by atoms with Gasteiger partial charge in [0.15, 0.2) is 0 Å². The summed E-state index contributed by atoms with van der Waals surface area (Å²) in [6.07, 6.45) is 1.83. The van der Waals surface area contributed by atoms with Crippen LogP contribution in [0.15, 0.2) is 191 Å². The minimum atomic E-state index is 0.847. The number of furan rings is 2. The number of aromatic nitrogens is 1. The van der Waals surface area contributed by atoms with Gasteiger partial charge in [-0.1, -0.05) is 103 Å². The van der Waals surface area contributed by atoms with Crippen molar-refractivity contribution in [2.45, 2.75) is 0 Å². The molecule has 248 valence electrons. The second-order valence-corrected chi connectivity index (χ2v) is 13.6. The van der Waals surface area contributed by atoms with Gasteiger partial charge in [0.2, 0.25) is 0 Å². The van der Waals surface area contributed by atoms with E-state index >= 15 is 0 Å². The van der Waals surface area contributed by atoms with Crippen LogP contribution in [0.1, 0.15) is 0 Å². The lowest BCUT2D eigenvalue weighted by Crippen LogP contribution is -2.09. The van der Waals surface area contributed by atoms with E-state index in [1.807, 2.05) is 24.4 Å². The first-order chi connectivity index (χ1) is 26.2. The molecule has 3 heterocycles. The number of pyridine rings is 1. The van der Waals surface area contributed by atoms with Crippen LogP contribution in [0.25, 0.3) is 87.8 Å². The predicted molar refractivity (Wildman–Crippen MR) is 219 cm³/mol. The Hall–Kier alpha value is -7.17. The van der Waals surface area contributed by atoms with Crippen LogP contribution in [0, 0.1) is 0 Å². The van der Waals surface area contributed by atoms with Crippen LogP contribution in [-0.2, 0) is 0 Å². The minimum absolute atomic E-state index is 0.847. The van der Waals surface area contributed by atoms with E-state index in [-0.39, 0.29) is 0 Å². The van der Waals surface area contributed by atoms with Crippen LogP contribution in [0.4, 0.5) is 17.1 Å². The third-order valence-electron chi connectivity index (χ3n) is 10.5. The van der Waals surface area contributed by atoms with Crippen molar-refractivity contribution in [1.29, 1.82) is 0 Å². The Labute approximate surface area is 304 Å². The molecule has 0 spiro atoms. The Morgan fingerprint density at radius 2 is 0.849 bits per heavy atom. The standard InChI is InChI=1S/C49H30N2O2/c1-3-9-39-33(7-1)18-26-44-48(39)41-24-22-37(29-46(41)52-44)51(36-20-16-32(17-21-36)31-12-14-35(15-13-31)43-11-5-6-28-50-43)38-23-25-42-47(30-38)53-45-27-19-34-8-2-4-10-40(34)49(42)45/h1-30H. The molecule has 0 saturated heterocycles. The maximum atomic E-state index is 6.54. The summed E-state index contributed by atoms with van der Waals surface area (Å²) in [7, 11) is 0. The van der Waals surface area contributed by atoms with Gasteiger partial charge in [-0.15, -0.1) is 0 Å². The molecule has 0 bridgehead atoms. The molecule has 53 heavy (non-hydrogen) atoms. The van der Waals surface area contributed by atoms with Crippen LogP contribution in [-0.4, -0.2) is 4.98 Å². The zero-order valence-corrected chi connectivity index (χ0v) is 28.5. The summed E-state index contributed by atoms with van der Waals surface area (Å²) in [6, 6.07) is 61.8. The van der Waals surface area contributed by atoms with Gasteiger partial charge in [0.25, 0.3) is 0 Å². The summed E-state index contributed by atoms with van der Waals surface area (Å²) >= 11 is 0. The highest BCUT2D eigenvalue weighted by atomic mass is 16.3. The maximum absolute atomic E-state index is 6.54. The van der Waals surface area contributed by atoms with Crippen LogP contribution >= 0.6 is 0 Å². The first kappa shape index (κ1) is 29.5. The van der Waals surface area contributed by atoms with E-state index in [0.29, 0.717) is 0 Å². The molecule has 0 N–H and O–H groups in total. The molecule has 0 saturated carbocycles. The molecule has 4 nitrogen and oxygen atoms in total. The zero-order chi connectivity index (χ0) is 34.9. The Morgan fingerprint density at radius 3 is 1.40 bits per heavy atom. The molecule has 11 aromatic rings. The number of benzene rings is 8. The maximum Gasteiger partial charge on any atom is 0.137 e. The van der Waals surface area contributed by atoms with Crippen molar-refractivity contribution in [2.75, 3.05) is 4.90 Å². The largest absolute Gasteiger partial charge is 0.456 e. The monoisotopic (exact) mass is 678 g/mol. The van der Waals surface area contributed by atoms with Gasteiger partial charge in [-0.25, -0.2) is 0 Å². The molecule has 0 atom stereocenters. The lowest BCUT2D eigenvalue weighted by atomic mass is 10.0.